The first-order valence-corrected chi connectivity index (χ1v) is 4.13. The number of nitrogens with one attached hydrogen (secondary N) is 1. The number of alkyl halides is 3. The number of hydrogen-bond donors (Lipinski definition) is 1. The van der Waals surface area contributed by atoms with Gasteiger partial charge in [-0.25, -0.2) is 4.39 Å². The van der Waals surface area contributed by atoms with E-state index in [1.165, 1.54) is 24.3 Å². The van der Waals surface area contributed by atoms with Gasteiger partial charge in [0.2, 0.25) is 0 Å². The van der Waals surface area contributed by atoms with Gasteiger partial charge >= 0.3 is 6.18 Å². The van der Waals surface area contributed by atoms with Gasteiger partial charge in [-0.2, -0.15) is 18.7 Å². The molecule has 0 heterocycles. The van der Waals surface area contributed by atoms with E-state index in [1.54, 1.807) is 0 Å². The first-order valence-electron chi connectivity index (χ1n) is 4.13. The van der Waals surface area contributed by atoms with Gasteiger partial charge in [-0.05, 0) is 17.7 Å². The van der Waals surface area contributed by atoms with Gasteiger partial charge in [0.15, 0.2) is 6.61 Å². The molecular weight excluding hydrogens is 214 g/mol. The van der Waals surface area contributed by atoms with Crippen molar-refractivity contribution >= 4 is 0 Å². The van der Waals surface area contributed by atoms with Crippen LogP contribution in [0.5, 0.6) is 0 Å². The van der Waals surface area contributed by atoms with Crippen LogP contribution in [0.2, 0.25) is 0 Å². The van der Waals surface area contributed by atoms with Crippen LogP contribution < -0.4 is 5.48 Å². The average molecular weight is 223 g/mol. The average Bonchev–Trinajstić information content (AvgIpc) is 2.14. The molecule has 0 aliphatic heterocycles. The zero-order valence-corrected chi connectivity index (χ0v) is 7.64. The molecule has 0 saturated heterocycles. The molecule has 84 valence electrons. The number of rotatable bonds is 4. The van der Waals surface area contributed by atoms with Gasteiger partial charge in [-0.15, -0.1) is 0 Å². The van der Waals surface area contributed by atoms with Crippen LogP contribution in [0.15, 0.2) is 24.3 Å². The molecule has 0 fully saturated rings. The summed E-state index contributed by atoms with van der Waals surface area (Å²) in [5.74, 6) is -0.394. The quantitative estimate of drug-likeness (QED) is 0.480. The van der Waals surface area contributed by atoms with Gasteiger partial charge in [0.05, 0.1) is 0 Å². The summed E-state index contributed by atoms with van der Waals surface area (Å²) in [5, 5.41) is 0. The van der Waals surface area contributed by atoms with Crippen LogP contribution in [0.4, 0.5) is 17.6 Å². The molecule has 0 unspecified atom stereocenters. The van der Waals surface area contributed by atoms with Crippen molar-refractivity contribution in [2.24, 2.45) is 0 Å². The predicted octanol–water partition coefficient (Wildman–Crippen LogP) is 2.41. The van der Waals surface area contributed by atoms with Crippen molar-refractivity contribution in [3.8, 4) is 0 Å². The third-order valence-corrected chi connectivity index (χ3v) is 1.53. The second-order valence-corrected chi connectivity index (χ2v) is 2.85. The zero-order chi connectivity index (χ0) is 11.3. The summed E-state index contributed by atoms with van der Waals surface area (Å²) >= 11 is 0. The lowest BCUT2D eigenvalue weighted by Crippen LogP contribution is -2.24. The number of hydroxylamine groups is 1. The van der Waals surface area contributed by atoms with E-state index < -0.39 is 18.6 Å². The van der Waals surface area contributed by atoms with Crippen LogP contribution in [0.25, 0.3) is 0 Å². The molecule has 0 spiro atoms. The van der Waals surface area contributed by atoms with E-state index in [9.17, 15) is 17.6 Å². The SMILES string of the molecule is Fc1ccc(CNOCC(F)(F)F)cc1. The van der Waals surface area contributed by atoms with Crippen molar-refractivity contribution in [3.05, 3.63) is 35.6 Å². The Hall–Kier alpha value is -1.14. The third kappa shape index (κ3) is 5.34. The molecule has 1 aromatic carbocycles. The summed E-state index contributed by atoms with van der Waals surface area (Å²) in [6, 6.07) is 5.36. The molecule has 0 saturated carbocycles. The lowest BCUT2D eigenvalue weighted by Gasteiger charge is -2.08. The lowest BCUT2D eigenvalue weighted by molar-refractivity contribution is -0.190. The highest BCUT2D eigenvalue weighted by molar-refractivity contribution is 5.15. The molecule has 15 heavy (non-hydrogen) atoms. The maximum atomic E-state index is 12.4. The van der Waals surface area contributed by atoms with Gasteiger partial charge in [0.25, 0.3) is 0 Å². The van der Waals surface area contributed by atoms with E-state index in [0.29, 0.717) is 5.56 Å². The van der Waals surface area contributed by atoms with E-state index in [2.05, 4.69) is 10.3 Å². The first kappa shape index (κ1) is 11.9. The minimum absolute atomic E-state index is 0.0936. The second-order valence-electron chi connectivity index (χ2n) is 2.85. The van der Waals surface area contributed by atoms with E-state index >= 15 is 0 Å². The van der Waals surface area contributed by atoms with E-state index in [0.717, 1.165) is 0 Å². The Morgan fingerprint density at radius 1 is 1.13 bits per heavy atom. The normalized spacial score (nSPS) is 11.7. The Bertz CT molecular complexity index is 296. The minimum atomic E-state index is -4.35. The second kappa shape index (κ2) is 5.09. The van der Waals surface area contributed by atoms with Crippen molar-refractivity contribution in [3.63, 3.8) is 0 Å². The highest BCUT2D eigenvalue weighted by Crippen LogP contribution is 2.13. The summed E-state index contributed by atoms with van der Waals surface area (Å²) in [4.78, 5) is 4.16. The Morgan fingerprint density at radius 3 is 2.27 bits per heavy atom. The third-order valence-electron chi connectivity index (χ3n) is 1.53. The van der Waals surface area contributed by atoms with Crippen molar-refractivity contribution in [2.45, 2.75) is 12.7 Å². The molecule has 0 radical (unpaired) electrons. The summed E-state index contributed by atoms with van der Waals surface area (Å²) < 4.78 is 47.3. The van der Waals surface area contributed by atoms with E-state index in [-0.39, 0.29) is 6.54 Å². The molecule has 0 aliphatic carbocycles. The van der Waals surface area contributed by atoms with Gasteiger partial charge in [0.1, 0.15) is 5.82 Å². The fourth-order valence-corrected chi connectivity index (χ4v) is 0.869. The predicted molar refractivity (Wildman–Crippen MR) is 45.2 cm³/mol. The van der Waals surface area contributed by atoms with Gasteiger partial charge in [0, 0.05) is 6.54 Å². The van der Waals surface area contributed by atoms with Crippen LogP contribution in [0.1, 0.15) is 5.56 Å². The molecule has 1 N–H and O–H groups in total. The fourth-order valence-electron chi connectivity index (χ4n) is 0.869. The maximum Gasteiger partial charge on any atom is 0.413 e. The molecule has 0 amide bonds. The van der Waals surface area contributed by atoms with Crippen LogP contribution in [0, 0.1) is 5.82 Å². The molecule has 0 aliphatic rings. The van der Waals surface area contributed by atoms with Crippen LogP contribution >= 0.6 is 0 Å². The van der Waals surface area contributed by atoms with Crippen LogP contribution in [-0.4, -0.2) is 12.8 Å². The van der Waals surface area contributed by atoms with Gasteiger partial charge < -0.3 is 0 Å². The van der Waals surface area contributed by atoms with Crippen molar-refractivity contribution in [1.82, 2.24) is 5.48 Å². The van der Waals surface area contributed by atoms with Gasteiger partial charge in [-0.3, -0.25) is 4.84 Å². The minimum Gasteiger partial charge on any atom is -0.292 e. The zero-order valence-electron chi connectivity index (χ0n) is 7.64. The maximum absolute atomic E-state index is 12.4. The molecule has 2 nitrogen and oxygen atoms in total. The number of benzene rings is 1. The van der Waals surface area contributed by atoms with Crippen molar-refractivity contribution in [2.75, 3.05) is 6.61 Å². The fraction of sp³-hybridized carbons (Fsp3) is 0.333. The Morgan fingerprint density at radius 2 is 1.73 bits per heavy atom. The summed E-state index contributed by atoms with van der Waals surface area (Å²) in [6.45, 7) is -1.26. The lowest BCUT2D eigenvalue weighted by atomic mass is 10.2. The molecule has 6 heteroatoms. The van der Waals surface area contributed by atoms with Gasteiger partial charge in [-0.1, -0.05) is 12.1 Å². The summed E-state index contributed by atoms with van der Waals surface area (Å²) in [5.41, 5.74) is 2.77. The molecule has 1 aromatic rings. The van der Waals surface area contributed by atoms with Crippen molar-refractivity contribution < 1.29 is 22.4 Å². The standard InChI is InChI=1S/C9H9F4NO/c10-8-3-1-7(2-4-8)5-14-15-6-9(11,12)13/h1-4,14H,5-6H2. The molecule has 0 atom stereocenters. The number of halogens is 4. The molecule has 0 aromatic heterocycles. The molecule has 0 bridgehead atoms. The number of hydrogen-bond acceptors (Lipinski definition) is 2. The first-order chi connectivity index (χ1) is 6.97. The smallest absolute Gasteiger partial charge is 0.292 e. The molecule has 1 rings (SSSR count). The van der Waals surface area contributed by atoms with Crippen LogP contribution in [0.3, 0.4) is 0 Å². The van der Waals surface area contributed by atoms with Crippen molar-refractivity contribution in [1.29, 1.82) is 0 Å². The summed E-state index contributed by atoms with van der Waals surface area (Å²) in [6.07, 6.45) is -4.35. The largest absolute Gasteiger partial charge is 0.413 e. The highest BCUT2D eigenvalue weighted by Gasteiger charge is 2.27. The summed E-state index contributed by atoms with van der Waals surface area (Å²) in [7, 11) is 0. The molecular formula is C9H9F4NO. The Kier molecular flexibility index (Phi) is 4.05. The topological polar surface area (TPSA) is 21.3 Å². The highest BCUT2D eigenvalue weighted by atomic mass is 19.4. The van der Waals surface area contributed by atoms with Crippen LogP contribution in [-0.2, 0) is 11.4 Å². The van der Waals surface area contributed by atoms with E-state index in [1.807, 2.05) is 0 Å². The monoisotopic (exact) mass is 223 g/mol. The van der Waals surface area contributed by atoms with E-state index in [4.69, 9.17) is 0 Å². The Labute approximate surface area is 83.8 Å². The Balaban J connectivity index is 2.23.